The van der Waals surface area contributed by atoms with Crippen LogP contribution in [0, 0.1) is 5.92 Å². The topological polar surface area (TPSA) is 59.4 Å². The van der Waals surface area contributed by atoms with Gasteiger partial charge in [0.15, 0.2) is 0 Å². The number of amides is 2. The SMILES string of the molecule is CC(C)n1ncc2ccc(NC(=O)N3CCCC3C3CCOCC3)cc21. The Labute approximate surface area is 154 Å². The van der Waals surface area contributed by atoms with Crippen molar-refractivity contribution in [3.05, 3.63) is 24.4 Å². The second kappa shape index (κ2) is 7.27. The van der Waals surface area contributed by atoms with E-state index < -0.39 is 0 Å². The van der Waals surface area contributed by atoms with Crippen molar-refractivity contribution in [2.75, 3.05) is 25.1 Å². The molecule has 1 aromatic heterocycles. The summed E-state index contributed by atoms with van der Waals surface area (Å²) >= 11 is 0. The maximum atomic E-state index is 12.9. The van der Waals surface area contributed by atoms with E-state index in [1.807, 2.05) is 34.0 Å². The second-order valence-corrected chi connectivity index (χ2v) is 7.74. The van der Waals surface area contributed by atoms with Crippen molar-refractivity contribution >= 4 is 22.6 Å². The van der Waals surface area contributed by atoms with Gasteiger partial charge in [-0.3, -0.25) is 4.68 Å². The van der Waals surface area contributed by atoms with Crippen molar-refractivity contribution in [1.82, 2.24) is 14.7 Å². The number of hydrogen-bond donors (Lipinski definition) is 1. The monoisotopic (exact) mass is 356 g/mol. The second-order valence-electron chi connectivity index (χ2n) is 7.74. The highest BCUT2D eigenvalue weighted by Gasteiger charge is 2.35. The summed E-state index contributed by atoms with van der Waals surface area (Å²) in [6.07, 6.45) is 6.20. The normalized spacial score (nSPS) is 21.7. The smallest absolute Gasteiger partial charge is 0.322 e. The molecule has 2 aliphatic rings. The number of fused-ring (bicyclic) bond motifs is 1. The van der Waals surface area contributed by atoms with E-state index in [0.29, 0.717) is 12.0 Å². The molecule has 26 heavy (non-hydrogen) atoms. The molecule has 2 aromatic rings. The zero-order valence-corrected chi connectivity index (χ0v) is 15.6. The Balaban J connectivity index is 1.50. The van der Waals surface area contributed by atoms with E-state index in [1.54, 1.807) is 0 Å². The Kier molecular flexibility index (Phi) is 4.85. The number of ether oxygens (including phenoxy) is 1. The highest BCUT2D eigenvalue weighted by Crippen LogP contribution is 2.31. The lowest BCUT2D eigenvalue weighted by molar-refractivity contribution is 0.0429. The minimum Gasteiger partial charge on any atom is -0.381 e. The van der Waals surface area contributed by atoms with Crippen LogP contribution in [0.1, 0.15) is 45.6 Å². The Morgan fingerprint density at radius 2 is 2.08 bits per heavy atom. The molecule has 4 rings (SSSR count). The molecular weight excluding hydrogens is 328 g/mol. The van der Waals surface area contributed by atoms with E-state index in [4.69, 9.17) is 4.74 Å². The van der Waals surface area contributed by atoms with Gasteiger partial charge in [0.2, 0.25) is 0 Å². The highest BCUT2D eigenvalue weighted by molar-refractivity contribution is 5.92. The molecule has 0 spiro atoms. The molecule has 140 valence electrons. The molecule has 1 N–H and O–H groups in total. The fraction of sp³-hybridized carbons (Fsp3) is 0.600. The van der Waals surface area contributed by atoms with Gasteiger partial charge >= 0.3 is 6.03 Å². The molecule has 1 unspecified atom stereocenters. The first-order valence-electron chi connectivity index (χ1n) is 9.76. The first-order chi connectivity index (χ1) is 12.6. The van der Waals surface area contributed by atoms with Crippen LogP contribution < -0.4 is 5.32 Å². The predicted octanol–water partition coefficient (Wildman–Crippen LogP) is 4.04. The number of hydrogen-bond acceptors (Lipinski definition) is 3. The van der Waals surface area contributed by atoms with E-state index in [0.717, 1.165) is 62.0 Å². The molecule has 2 aliphatic heterocycles. The average Bonchev–Trinajstić information content (AvgIpc) is 3.29. The van der Waals surface area contributed by atoms with Crippen molar-refractivity contribution in [2.24, 2.45) is 5.92 Å². The molecule has 2 saturated heterocycles. The molecule has 0 bridgehead atoms. The van der Waals surface area contributed by atoms with E-state index in [2.05, 4.69) is 24.3 Å². The van der Waals surface area contributed by atoms with Crippen molar-refractivity contribution in [1.29, 1.82) is 0 Å². The minimum absolute atomic E-state index is 0.0222. The Bertz CT molecular complexity index is 779. The first-order valence-corrected chi connectivity index (χ1v) is 9.76. The van der Waals surface area contributed by atoms with E-state index in [1.165, 1.54) is 0 Å². The summed E-state index contributed by atoms with van der Waals surface area (Å²) in [5.41, 5.74) is 1.89. The highest BCUT2D eigenvalue weighted by atomic mass is 16.5. The van der Waals surface area contributed by atoms with Gasteiger partial charge in [0.05, 0.1) is 11.7 Å². The van der Waals surface area contributed by atoms with Crippen LogP contribution in [0.3, 0.4) is 0 Å². The molecule has 0 saturated carbocycles. The summed E-state index contributed by atoms with van der Waals surface area (Å²) in [5.74, 6) is 0.571. The number of benzene rings is 1. The van der Waals surface area contributed by atoms with Gasteiger partial charge in [0.25, 0.3) is 0 Å². The molecule has 3 heterocycles. The number of carbonyl (C=O) groups is 1. The lowest BCUT2D eigenvalue weighted by atomic mass is 9.90. The van der Waals surface area contributed by atoms with Crippen molar-refractivity contribution in [2.45, 2.75) is 51.6 Å². The molecule has 1 aromatic carbocycles. The predicted molar refractivity (Wildman–Crippen MR) is 102 cm³/mol. The number of rotatable bonds is 3. The number of nitrogens with one attached hydrogen (secondary N) is 1. The third-order valence-electron chi connectivity index (χ3n) is 5.71. The van der Waals surface area contributed by atoms with Gasteiger partial charge in [-0.1, -0.05) is 0 Å². The number of nitrogens with zero attached hydrogens (tertiary/aromatic N) is 3. The summed E-state index contributed by atoms with van der Waals surface area (Å²) in [6.45, 7) is 6.72. The number of carbonyl (C=O) groups excluding carboxylic acids is 1. The van der Waals surface area contributed by atoms with Crippen molar-refractivity contribution in [3.8, 4) is 0 Å². The van der Waals surface area contributed by atoms with Gasteiger partial charge < -0.3 is 15.0 Å². The third-order valence-corrected chi connectivity index (χ3v) is 5.71. The van der Waals surface area contributed by atoms with Gasteiger partial charge in [0.1, 0.15) is 0 Å². The van der Waals surface area contributed by atoms with Crippen LogP contribution in [0.2, 0.25) is 0 Å². The van der Waals surface area contributed by atoms with Crippen molar-refractivity contribution in [3.63, 3.8) is 0 Å². The lowest BCUT2D eigenvalue weighted by Crippen LogP contribution is -2.44. The van der Waals surface area contributed by atoms with Gasteiger partial charge in [-0.05, 0) is 63.6 Å². The first kappa shape index (κ1) is 17.3. The van der Waals surface area contributed by atoms with Crippen LogP contribution in [-0.2, 0) is 4.74 Å². The number of likely N-dealkylation sites (tertiary alicyclic amines) is 1. The molecule has 0 radical (unpaired) electrons. The Morgan fingerprint density at radius 3 is 2.85 bits per heavy atom. The zero-order valence-electron chi connectivity index (χ0n) is 15.6. The standard InChI is InChI=1S/C20H28N4O2/c1-14(2)24-19-12-17(6-5-16(19)13-21-24)22-20(25)23-9-3-4-18(23)15-7-10-26-11-8-15/h5-6,12-15,18H,3-4,7-11H2,1-2H3,(H,22,25). The van der Waals surface area contributed by atoms with Crippen LogP contribution in [-0.4, -0.2) is 46.5 Å². The number of urea groups is 1. The largest absolute Gasteiger partial charge is 0.381 e. The Morgan fingerprint density at radius 1 is 1.27 bits per heavy atom. The van der Waals surface area contributed by atoms with Crippen LogP contribution >= 0.6 is 0 Å². The molecule has 6 nitrogen and oxygen atoms in total. The molecule has 0 aliphatic carbocycles. The molecule has 2 amide bonds. The molecule has 6 heteroatoms. The number of anilines is 1. The van der Waals surface area contributed by atoms with Gasteiger partial charge in [-0.25, -0.2) is 4.79 Å². The molecule has 2 fully saturated rings. The Hall–Kier alpha value is -2.08. The minimum atomic E-state index is 0.0222. The van der Waals surface area contributed by atoms with E-state index >= 15 is 0 Å². The average molecular weight is 356 g/mol. The quantitative estimate of drug-likeness (QED) is 0.903. The fourth-order valence-electron chi connectivity index (χ4n) is 4.36. The summed E-state index contributed by atoms with van der Waals surface area (Å²) in [4.78, 5) is 15.0. The van der Waals surface area contributed by atoms with Crippen LogP contribution in [0.25, 0.3) is 10.9 Å². The van der Waals surface area contributed by atoms with Crippen LogP contribution in [0.15, 0.2) is 24.4 Å². The maximum Gasteiger partial charge on any atom is 0.322 e. The van der Waals surface area contributed by atoms with Gasteiger partial charge in [0, 0.05) is 42.9 Å². The third kappa shape index (κ3) is 3.30. The van der Waals surface area contributed by atoms with Crippen LogP contribution in [0.4, 0.5) is 10.5 Å². The summed E-state index contributed by atoms with van der Waals surface area (Å²) in [6, 6.07) is 6.68. The van der Waals surface area contributed by atoms with Gasteiger partial charge in [-0.15, -0.1) is 0 Å². The summed E-state index contributed by atoms with van der Waals surface area (Å²) in [7, 11) is 0. The van der Waals surface area contributed by atoms with E-state index in [9.17, 15) is 4.79 Å². The molecular formula is C20H28N4O2. The van der Waals surface area contributed by atoms with E-state index in [-0.39, 0.29) is 12.1 Å². The van der Waals surface area contributed by atoms with Crippen LogP contribution in [0.5, 0.6) is 0 Å². The fourth-order valence-corrected chi connectivity index (χ4v) is 4.36. The summed E-state index contributed by atoms with van der Waals surface area (Å²) in [5, 5.41) is 8.66. The lowest BCUT2D eigenvalue weighted by Gasteiger charge is -2.34. The summed E-state index contributed by atoms with van der Waals surface area (Å²) < 4.78 is 7.48. The van der Waals surface area contributed by atoms with Gasteiger partial charge in [-0.2, -0.15) is 5.10 Å². The molecule has 1 atom stereocenters. The van der Waals surface area contributed by atoms with Crippen molar-refractivity contribution < 1.29 is 9.53 Å². The maximum absolute atomic E-state index is 12.9. The number of aromatic nitrogens is 2. The zero-order chi connectivity index (χ0) is 18.1.